The summed E-state index contributed by atoms with van der Waals surface area (Å²) in [5, 5.41) is 0. The standard InChI is InChI=1S/C23H24N4O3/c1-14-20-19(13-29-14)27(22(21(20)25-2)23(24)26-3)15-8-10-16(11-9-15)30-18-7-5-6-17(12-18)28-4/h5-12,14H,2,13H2,1,3-4H3,(H2,24,26). The molecule has 7 heteroatoms. The lowest BCUT2D eigenvalue weighted by Gasteiger charge is -2.14. The number of amidine groups is 1. The molecule has 30 heavy (non-hydrogen) atoms. The minimum Gasteiger partial charge on any atom is -0.497 e. The Bertz CT molecular complexity index is 1120. The molecule has 0 amide bonds. The Morgan fingerprint density at radius 3 is 2.57 bits per heavy atom. The first-order valence-electron chi connectivity index (χ1n) is 9.58. The van der Waals surface area contributed by atoms with Crippen LogP contribution in [-0.2, 0) is 11.3 Å². The zero-order valence-corrected chi connectivity index (χ0v) is 17.3. The van der Waals surface area contributed by atoms with Gasteiger partial charge in [-0.05, 0) is 50.0 Å². The number of aromatic nitrogens is 1. The molecule has 2 aromatic carbocycles. The fourth-order valence-electron chi connectivity index (χ4n) is 3.73. The molecule has 1 aliphatic heterocycles. The number of methoxy groups -OCH3 is 1. The quantitative estimate of drug-likeness (QED) is 0.483. The Hall–Kier alpha value is -3.58. The lowest BCUT2D eigenvalue weighted by Crippen LogP contribution is -2.19. The van der Waals surface area contributed by atoms with Crippen molar-refractivity contribution in [2.24, 2.45) is 15.7 Å². The molecule has 1 aromatic heterocycles. The van der Waals surface area contributed by atoms with Gasteiger partial charge in [-0.3, -0.25) is 9.98 Å². The van der Waals surface area contributed by atoms with Gasteiger partial charge < -0.3 is 24.5 Å². The molecule has 0 bridgehead atoms. The number of benzene rings is 2. The maximum absolute atomic E-state index is 6.24. The Morgan fingerprint density at radius 2 is 1.90 bits per heavy atom. The topological polar surface area (TPSA) is 83.4 Å². The van der Waals surface area contributed by atoms with Crippen molar-refractivity contribution in [3.05, 3.63) is 65.5 Å². The van der Waals surface area contributed by atoms with E-state index in [2.05, 4.69) is 16.7 Å². The van der Waals surface area contributed by atoms with Crippen LogP contribution in [0.25, 0.3) is 5.69 Å². The molecule has 1 aliphatic rings. The van der Waals surface area contributed by atoms with E-state index < -0.39 is 0 Å². The summed E-state index contributed by atoms with van der Waals surface area (Å²) in [7, 11) is 3.29. The van der Waals surface area contributed by atoms with Gasteiger partial charge in [0.1, 0.15) is 28.8 Å². The summed E-state index contributed by atoms with van der Waals surface area (Å²) >= 11 is 0. The summed E-state index contributed by atoms with van der Waals surface area (Å²) in [6.45, 7) is 6.21. The Labute approximate surface area is 175 Å². The molecular weight excluding hydrogens is 380 g/mol. The van der Waals surface area contributed by atoms with Crippen LogP contribution in [0.1, 0.15) is 30.0 Å². The van der Waals surface area contributed by atoms with E-state index in [4.69, 9.17) is 19.9 Å². The molecule has 0 saturated heterocycles. The van der Waals surface area contributed by atoms with Crippen molar-refractivity contribution in [2.45, 2.75) is 19.6 Å². The average Bonchev–Trinajstić information content (AvgIpc) is 3.31. The summed E-state index contributed by atoms with van der Waals surface area (Å²) in [4.78, 5) is 8.44. The largest absolute Gasteiger partial charge is 0.497 e. The Kier molecular flexibility index (Phi) is 5.29. The monoisotopic (exact) mass is 404 g/mol. The van der Waals surface area contributed by atoms with Crippen molar-refractivity contribution in [3.8, 4) is 22.9 Å². The van der Waals surface area contributed by atoms with Gasteiger partial charge in [0.15, 0.2) is 0 Å². The lowest BCUT2D eigenvalue weighted by molar-refractivity contribution is 0.0777. The van der Waals surface area contributed by atoms with E-state index >= 15 is 0 Å². The molecule has 1 unspecified atom stereocenters. The molecule has 0 aliphatic carbocycles. The highest BCUT2D eigenvalue weighted by Crippen LogP contribution is 2.43. The smallest absolute Gasteiger partial charge is 0.145 e. The van der Waals surface area contributed by atoms with Gasteiger partial charge in [0.25, 0.3) is 0 Å². The molecule has 7 nitrogen and oxygen atoms in total. The van der Waals surface area contributed by atoms with E-state index in [1.54, 1.807) is 14.2 Å². The maximum Gasteiger partial charge on any atom is 0.145 e. The highest BCUT2D eigenvalue weighted by molar-refractivity contribution is 6.02. The highest BCUT2D eigenvalue weighted by atomic mass is 16.5. The van der Waals surface area contributed by atoms with Gasteiger partial charge >= 0.3 is 0 Å². The van der Waals surface area contributed by atoms with Crippen LogP contribution in [0.5, 0.6) is 17.2 Å². The molecule has 2 heterocycles. The van der Waals surface area contributed by atoms with Crippen LogP contribution in [0.2, 0.25) is 0 Å². The highest BCUT2D eigenvalue weighted by Gasteiger charge is 2.33. The predicted octanol–water partition coefficient (Wildman–Crippen LogP) is 4.54. The molecule has 2 N–H and O–H groups in total. The maximum atomic E-state index is 6.24. The zero-order valence-electron chi connectivity index (χ0n) is 17.3. The van der Waals surface area contributed by atoms with Gasteiger partial charge in [0.05, 0.1) is 31.2 Å². The van der Waals surface area contributed by atoms with Crippen molar-refractivity contribution < 1.29 is 14.2 Å². The van der Waals surface area contributed by atoms with Gasteiger partial charge in [0, 0.05) is 24.4 Å². The third kappa shape index (κ3) is 3.33. The third-order valence-corrected chi connectivity index (χ3v) is 5.17. The van der Waals surface area contributed by atoms with E-state index in [1.807, 2.05) is 60.0 Å². The summed E-state index contributed by atoms with van der Waals surface area (Å²) < 4.78 is 19.1. The second-order valence-corrected chi connectivity index (χ2v) is 6.89. The molecule has 154 valence electrons. The first-order chi connectivity index (χ1) is 14.6. The zero-order chi connectivity index (χ0) is 21.3. The van der Waals surface area contributed by atoms with Crippen LogP contribution in [0, 0.1) is 0 Å². The molecule has 0 saturated carbocycles. The summed E-state index contributed by atoms with van der Waals surface area (Å²) in [5.74, 6) is 2.55. The Morgan fingerprint density at radius 1 is 1.17 bits per heavy atom. The van der Waals surface area contributed by atoms with E-state index in [0.29, 0.717) is 23.9 Å². The van der Waals surface area contributed by atoms with Crippen LogP contribution < -0.4 is 15.2 Å². The van der Waals surface area contributed by atoms with Gasteiger partial charge in [-0.15, -0.1) is 0 Å². The lowest BCUT2D eigenvalue weighted by atomic mass is 10.1. The van der Waals surface area contributed by atoms with Gasteiger partial charge in [-0.25, -0.2) is 0 Å². The number of rotatable bonds is 6. The minimum absolute atomic E-state index is 0.0826. The molecule has 0 spiro atoms. The molecule has 1 atom stereocenters. The van der Waals surface area contributed by atoms with Crippen molar-refractivity contribution in [1.29, 1.82) is 0 Å². The van der Waals surface area contributed by atoms with Crippen LogP contribution in [-0.4, -0.2) is 31.3 Å². The fourth-order valence-corrected chi connectivity index (χ4v) is 3.73. The summed E-state index contributed by atoms with van der Waals surface area (Å²) in [6.07, 6.45) is -0.0826. The van der Waals surface area contributed by atoms with Crippen molar-refractivity contribution in [2.75, 3.05) is 14.2 Å². The van der Waals surface area contributed by atoms with Crippen LogP contribution >= 0.6 is 0 Å². The predicted molar refractivity (Wildman–Crippen MR) is 118 cm³/mol. The first kappa shape index (κ1) is 19.7. The summed E-state index contributed by atoms with van der Waals surface area (Å²) in [5.41, 5.74) is 10.6. The first-order valence-corrected chi connectivity index (χ1v) is 9.58. The number of nitrogens with two attached hydrogens (primary N) is 1. The second kappa shape index (κ2) is 8.04. The van der Waals surface area contributed by atoms with E-state index in [0.717, 1.165) is 34.1 Å². The average molecular weight is 404 g/mol. The SMILES string of the molecule is C=Nc1c2c(n(-c3ccc(Oc4cccc(OC)c4)cc3)c1C(N)=NC)COC2C. The van der Waals surface area contributed by atoms with E-state index in [9.17, 15) is 0 Å². The molecule has 0 fully saturated rings. The molecule has 4 rings (SSSR count). The van der Waals surface area contributed by atoms with Crippen LogP contribution in [0.15, 0.2) is 58.5 Å². The van der Waals surface area contributed by atoms with Crippen LogP contribution in [0.3, 0.4) is 0 Å². The summed E-state index contributed by atoms with van der Waals surface area (Å²) in [6, 6.07) is 15.2. The van der Waals surface area contributed by atoms with Crippen molar-refractivity contribution >= 4 is 18.2 Å². The van der Waals surface area contributed by atoms with Crippen LogP contribution in [0.4, 0.5) is 5.69 Å². The van der Waals surface area contributed by atoms with Crippen molar-refractivity contribution in [1.82, 2.24) is 4.57 Å². The molecule has 0 radical (unpaired) electrons. The number of hydrogen-bond donors (Lipinski definition) is 1. The second-order valence-electron chi connectivity index (χ2n) is 6.89. The van der Waals surface area contributed by atoms with Gasteiger partial charge in [-0.2, -0.15) is 0 Å². The Balaban J connectivity index is 1.74. The number of fused-ring (bicyclic) bond motifs is 1. The third-order valence-electron chi connectivity index (χ3n) is 5.17. The van der Waals surface area contributed by atoms with Gasteiger partial charge in [-0.1, -0.05) is 6.07 Å². The fraction of sp³-hybridized carbons (Fsp3) is 0.217. The van der Waals surface area contributed by atoms with E-state index in [1.165, 1.54) is 0 Å². The molecular formula is C23H24N4O3. The van der Waals surface area contributed by atoms with Crippen molar-refractivity contribution in [3.63, 3.8) is 0 Å². The van der Waals surface area contributed by atoms with E-state index in [-0.39, 0.29) is 6.10 Å². The number of hydrogen-bond acceptors (Lipinski definition) is 5. The normalized spacial score (nSPS) is 15.7. The minimum atomic E-state index is -0.0826. The number of nitrogens with zero attached hydrogens (tertiary/aromatic N) is 3. The number of ether oxygens (including phenoxy) is 3. The molecule has 3 aromatic rings. The van der Waals surface area contributed by atoms with Gasteiger partial charge in [0.2, 0.25) is 0 Å². The number of aliphatic imine (C=N–C) groups is 2.